The Labute approximate surface area is 150 Å². The lowest BCUT2D eigenvalue weighted by Gasteiger charge is -2.27. The number of carboxylic acids is 1. The van der Waals surface area contributed by atoms with Crippen LogP contribution in [0.3, 0.4) is 0 Å². The number of para-hydroxylation sites is 1. The molecule has 0 radical (unpaired) electrons. The van der Waals surface area contributed by atoms with Gasteiger partial charge in [-0.15, -0.1) is 10.3 Å². The van der Waals surface area contributed by atoms with Gasteiger partial charge in [0.15, 0.2) is 5.82 Å². The van der Waals surface area contributed by atoms with Gasteiger partial charge in [0.25, 0.3) is 5.56 Å². The fourth-order valence-electron chi connectivity index (χ4n) is 2.87. The van der Waals surface area contributed by atoms with Crippen molar-refractivity contribution in [1.82, 2.24) is 9.55 Å². The van der Waals surface area contributed by atoms with Crippen LogP contribution < -0.4 is 10.7 Å². The van der Waals surface area contributed by atoms with Gasteiger partial charge in [-0.05, 0) is 38.8 Å². The van der Waals surface area contributed by atoms with Crippen molar-refractivity contribution < 1.29 is 14.7 Å². The third-order valence-electron chi connectivity index (χ3n) is 4.16. The lowest BCUT2D eigenvalue weighted by molar-refractivity contribution is 0.0693. The quantitative estimate of drug-likeness (QED) is 0.827. The zero-order valence-electron chi connectivity index (χ0n) is 14.6. The molecule has 3 rings (SSSR count). The monoisotopic (exact) mass is 356 g/mol. The molecule has 1 N–H and O–H groups in total. The van der Waals surface area contributed by atoms with Crippen molar-refractivity contribution in [3.8, 4) is 0 Å². The van der Waals surface area contributed by atoms with Crippen molar-refractivity contribution in [3.63, 3.8) is 0 Å². The summed E-state index contributed by atoms with van der Waals surface area (Å²) in [5.41, 5.74) is 0.419. The number of anilines is 1. The van der Waals surface area contributed by atoms with E-state index in [1.807, 2.05) is 44.2 Å². The number of nitrogens with zero attached hydrogens (tertiary/aromatic N) is 4. The molecular weight excluding hydrogens is 336 g/mol. The summed E-state index contributed by atoms with van der Waals surface area (Å²) in [6.07, 6.45) is 2.36. The van der Waals surface area contributed by atoms with Crippen LogP contribution in [0.25, 0.3) is 0 Å². The van der Waals surface area contributed by atoms with Crippen LogP contribution in [0, 0.1) is 0 Å². The first kappa shape index (κ1) is 17.8. The average molecular weight is 356 g/mol. The highest BCUT2D eigenvalue weighted by Gasteiger charge is 2.27. The molecule has 26 heavy (non-hydrogen) atoms. The number of hydrogen-bond acceptors (Lipinski definition) is 6. The SMILES string of the molecule is CCON(N=C1CCC(C)n2c1ncc(C(=O)O)c2=O)c1ccccc1. The zero-order valence-corrected chi connectivity index (χ0v) is 14.6. The van der Waals surface area contributed by atoms with E-state index in [1.165, 1.54) is 9.74 Å². The van der Waals surface area contributed by atoms with Gasteiger partial charge in [-0.25, -0.2) is 9.78 Å². The van der Waals surface area contributed by atoms with E-state index in [0.29, 0.717) is 31.0 Å². The number of hydrogen-bond donors (Lipinski definition) is 1. The maximum Gasteiger partial charge on any atom is 0.342 e. The highest BCUT2D eigenvalue weighted by molar-refractivity contribution is 5.99. The summed E-state index contributed by atoms with van der Waals surface area (Å²) in [6.45, 7) is 4.14. The molecule has 1 aromatic carbocycles. The summed E-state index contributed by atoms with van der Waals surface area (Å²) in [6, 6.07) is 9.21. The number of hydrazone groups is 1. The van der Waals surface area contributed by atoms with Gasteiger partial charge >= 0.3 is 5.97 Å². The molecule has 1 aliphatic heterocycles. The molecule has 1 unspecified atom stereocenters. The second kappa shape index (κ2) is 7.49. The average Bonchev–Trinajstić information content (AvgIpc) is 2.64. The van der Waals surface area contributed by atoms with Crippen molar-refractivity contribution in [2.75, 3.05) is 11.8 Å². The molecule has 1 aromatic heterocycles. The molecule has 8 nitrogen and oxygen atoms in total. The van der Waals surface area contributed by atoms with E-state index < -0.39 is 11.5 Å². The van der Waals surface area contributed by atoms with E-state index >= 15 is 0 Å². The van der Waals surface area contributed by atoms with E-state index in [-0.39, 0.29) is 11.6 Å². The molecule has 0 saturated heterocycles. The summed E-state index contributed by atoms with van der Waals surface area (Å²) in [4.78, 5) is 33.6. The molecule has 1 aliphatic rings. The highest BCUT2D eigenvalue weighted by atomic mass is 16.7. The van der Waals surface area contributed by atoms with E-state index in [1.54, 1.807) is 0 Å². The Morgan fingerprint density at radius 3 is 2.81 bits per heavy atom. The predicted molar refractivity (Wildman–Crippen MR) is 96.5 cm³/mol. The summed E-state index contributed by atoms with van der Waals surface area (Å²) >= 11 is 0. The lowest BCUT2D eigenvalue weighted by Crippen LogP contribution is -2.37. The smallest absolute Gasteiger partial charge is 0.342 e. The molecule has 0 fully saturated rings. The Bertz CT molecular complexity index is 892. The van der Waals surface area contributed by atoms with E-state index in [0.717, 1.165) is 11.9 Å². The summed E-state index contributed by atoms with van der Waals surface area (Å²) in [5.74, 6) is -0.909. The van der Waals surface area contributed by atoms with Gasteiger partial charge in [0.2, 0.25) is 0 Å². The van der Waals surface area contributed by atoms with Crippen LogP contribution in [0.4, 0.5) is 5.69 Å². The van der Waals surface area contributed by atoms with Gasteiger partial charge in [0.05, 0.1) is 12.3 Å². The second-order valence-electron chi connectivity index (χ2n) is 5.94. The van der Waals surface area contributed by atoms with Crippen molar-refractivity contribution >= 4 is 17.4 Å². The Kier molecular flexibility index (Phi) is 5.13. The number of rotatable bonds is 5. The third-order valence-corrected chi connectivity index (χ3v) is 4.16. The topological polar surface area (TPSA) is 97.0 Å². The Morgan fingerprint density at radius 2 is 2.15 bits per heavy atom. The van der Waals surface area contributed by atoms with Crippen molar-refractivity contribution in [1.29, 1.82) is 0 Å². The summed E-state index contributed by atoms with van der Waals surface area (Å²) in [5, 5.41) is 15.1. The molecule has 8 heteroatoms. The van der Waals surface area contributed by atoms with Gasteiger partial charge in [0, 0.05) is 12.2 Å². The molecule has 136 valence electrons. The zero-order chi connectivity index (χ0) is 18.7. The number of fused-ring (bicyclic) bond motifs is 1. The van der Waals surface area contributed by atoms with E-state index in [2.05, 4.69) is 10.1 Å². The summed E-state index contributed by atoms with van der Waals surface area (Å²) < 4.78 is 1.40. The van der Waals surface area contributed by atoms with Gasteiger partial charge < -0.3 is 5.11 Å². The van der Waals surface area contributed by atoms with Crippen LogP contribution in [0.5, 0.6) is 0 Å². The molecule has 0 amide bonds. The molecule has 0 saturated carbocycles. The van der Waals surface area contributed by atoms with Gasteiger partial charge in [0.1, 0.15) is 11.3 Å². The minimum Gasteiger partial charge on any atom is -0.477 e. The Morgan fingerprint density at radius 1 is 1.42 bits per heavy atom. The summed E-state index contributed by atoms with van der Waals surface area (Å²) in [7, 11) is 0. The first-order valence-electron chi connectivity index (χ1n) is 8.43. The second-order valence-corrected chi connectivity index (χ2v) is 5.94. The highest BCUT2D eigenvalue weighted by Crippen LogP contribution is 2.23. The first-order valence-corrected chi connectivity index (χ1v) is 8.43. The maximum atomic E-state index is 12.5. The van der Waals surface area contributed by atoms with E-state index in [4.69, 9.17) is 4.84 Å². The maximum absolute atomic E-state index is 12.5. The van der Waals surface area contributed by atoms with E-state index in [9.17, 15) is 14.7 Å². The largest absolute Gasteiger partial charge is 0.477 e. The Balaban J connectivity index is 2.09. The number of benzene rings is 1. The predicted octanol–water partition coefficient (Wildman–Crippen LogP) is 2.46. The fourth-order valence-corrected chi connectivity index (χ4v) is 2.87. The fraction of sp³-hybridized carbons (Fsp3) is 0.333. The van der Waals surface area contributed by atoms with Gasteiger partial charge in [-0.3, -0.25) is 14.2 Å². The minimum atomic E-state index is -1.28. The van der Waals surface area contributed by atoms with Crippen LogP contribution in [-0.2, 0) is 4.84 Å². The first-order chi connectivity index (χ1) is 12.5. The third kappa shape index (κ3) is 3.36. The molecular formula is C18H20N4O4. The lowest BCUT2D eigenvalue weighted by atomic mass is 10.0. The minimum absolute atomic E-state index is 0.152. The molecule has 2 heterocycles. The van der Waals surface area contributed by atoms with Crippen molar-refractivity contribution in [2.45, 2.75) is 32.7 Å². The standard InChI is InChI=1S/C18H20N4O4/c1-3-26-22(13-7-5-4-6-8-13)20-15-10-9-12(2)21-16(15)19-11-14(17(21)23)18(24)25/h4-8,11-12H,3,9-10H2,1-2H3,(H,24,25). The molecule has 0 spiro atoms. The number of carbonyl (C=O) groups is 1. The molecule has 0 bridgehead atoms. The Hall–Kier alpha value is -3.00. The van der Waals surface area contributed by atoms with Gasteiger partial charge in [-0.1, -0.05) is 18.2 Å². The van der Waals surface area contributed by atoms with Crippen molar-refractivity contribution in [2.24, 2.45) is 5.10 Å². The van der Waals surface area contributed by atoms with Crippen LogP contribution >= 0.6 is 0 Å². The molecule has 1 atom stereocenters. The van der Waals surface area contributed by atoms with Crippen LogP contribution in [0.2, 0.25) is 0 Å². The number of carboxylic acid groups (broad SMARTS) is 1. The van der Waals surface area contributed by atoms with Crippen LogP contribution in [0.15, 0.2) is 46.4 Å². The van der Waals surface area contributed by atoms with Crippen LogP contribution in [0.1, 0.15) is 48.9 Å². The molecule has 2 aromatic rings. The number of aromatic nitrogens is 2. The number of aromatic carboxylic acids is 1. The van der Waals surface area contributed by atoms with Gasteiger partial charge in [-0.2, -0.15) is 0 Å². The van der Waals surface area contributed by atoms with Crippen molar-refractivity contribution in [3.05, 3.63) is 58.3 Å². The van der Waals surface area contributed by atoms with Crippen LogP contribution in [-0.4, -0.2) is 32.9 Å². The normalized spacial score (nSPS) is 17.8. The molecule has 0 aliphatic carbocycles.